The van der Waals surface area contributed by atoms with Gasteiger partial charge in [0, 0.05) is 6.54 Å². The Morgan fingerprint density at radius 1 is 1.40 bits per heavy atom. The van der Waals surface area contributed by atoms with Gasteiger partial charge in [-0.2, -0.15) is 0 Å². The van der Waals surface area contributed by atoms with E-state index in [4.69, 9.17) is 9.52 Å². The van der Waals surface area contributed by atoms with E-state index in [1.807, 2.05) is 6.92 Å². The third kappa shape index (κ3) is 5.04. The molecule has 110 valence electrons. The third-order valence-electron chi connectivity index (χ3n) is 2.37. The zero-order valence-corrected chi connectivity index (χ0v) is 12.5. The Bertz CT molecular complexity index is 500. The van der Waals surface area contributed by atoms with Gasteiger partial charge in [-0.25, -0.2) is 0 Å². The number of rotatable bonds is 7. The van der Waals surface area contributed by atoms with Crippen LogP contribution in [0.5, 0.6) is 0 Å². The lowest BCUT2D eigenvalue weighted by molar-refractivity contribution is -0.144. The van der Waals surface area contributed by atoms with Crippen LogP contribution in [0.3, 0.4) is 0 Å². The van der Waals surface area contributed by atoms with E-state index >= 15 is 0 Å². The summed E-state index contributed by atoms with van der Waals surface area (Å²) in [5.41, 5.74) is 0. The fraction of sp³-hybridized carbons (Fsp3) is 0.417. The van der Waals surface area contributed by atoms with Crippen molar-refractivity contribution in [2.24, 2.45) is 0 Å². The minimum Gasteiger partial charge on any atom is -0.480 e. The molecule has 2 amide bonds. The summed E-state index contributed by atoms with van der Waals surface area (Å²) in [5, 5.41) is 11.1. The van der Waals surface area contributed by atoms with Gasteiger partial charge in [-0.3, -0.25) is 14.4 Å². The van der Waals surface area contributed by atoms with Crippen LogP contribution >= 0.6 is 15.9 Å². The van der Waals surface area contributed by atoms with E-state index in [1.165, 1.54) is 11.0 Å². The number of carbonyl (C=O) groups is 3. The van der Waals surface area contributed by atoms with Crippen LogP contribution in [-0.4, -0.2) is 47.4 Å². The Kier molecular flexibility index (Phi) is 6.23. The molecule has 0 fully saturated rings. The fourth-order valence-electron chi connectivity index (χ4n) is 1.52. The molecule has 0 aromatic carbocycles. The number of carbonyl (C=O) groups excluding carboxylic acids is 2. The summed E-state index contributed by atoms with van der Waals surface area (Å²) in [6, 6.07) is 3.02. The zero-order valence-electron chi connectivity index (χ0n) is 10.9. The summed E-state index contributed by atoms with van der Waals surface area (Å²) >= 11 is 3.06. The lowest BCUT2D eigenvalue weighted by Gasteiger charge is -2.19. The molecule has 0 unspecified atom stereocenters. The molecule has 8 heteroatoms. The molecule has 0 aliphatic heterocycles. The van der Waals surface area contributed by atoms with Crippen LogP contribution in [0.25, 0.3) is 0 Å². The number of halogens is 1. The molecule has 1 rings (SSSR count). The van der Waals surface area contributed by atoms with Crippen molar-refractivity contribution in [1.29, 1.82) is 0 Å². The Labute approximate surface area is 124 Å². The Balaban J connectivity index is 2.51. The van der Waals surface area contributed by atoms with Gasteiger partial charge in [0.05, 0.1) is 6.54 Å². The SMILES string of the molecule is CCCN(CC(=O)O)C(=O)CNC(=O)c1ccc(Br)o1. The number of nitrogens with zero attached hydrogens (tertiary/aromatic N) is 1. The van der Waals surface area contributed by atoms with Crippen molar-refractivity contribution in [2.45, 2.75) is 13.3 Å². The molecule has 7 nitrogen and oxygen atoms in total. The average molecular weight is 347 g/mol. The molecule has 1 heterocycles. The maximum absolute atomic E-state index is 11.8. The first kappa shape index (κ1) is 16.2. The molecular formula is C12H15BrN2O5. The summed E-state index contributed by atoms with van der Waals surface area (Å²) in [4.78, 5) is 35.3. The first-order chi connectivity index (χ1) is 9.43. The predicted octanol–water partition coefficient (Wildman–Crippen LogP) is 1.10. The molecule has 0 bridgehead atoms. The molecule has 0 radical (unpaired) electrons. The van der Waals surface area contributed by atoms with Gasteiger partial charge in [0.1, 0.15) is 6.54 Å². The van der Waals surface area contributed by atoms with Crippen molar-refractivity contribution in [3.05, 3.63) is 22.6 Å². The van der Waals surface area contributed by atoms with Gasteiger partial charge in [-0.05, 0) is 34.5 Å². The summed E-state index contributed by atoms with van der Waals surface area (Å²) in [7, 11) is 0. The highest BCUT2D eigenvalue weighted by molar-refractivity contribution is 9.10. The Morgan fingerprint density at radius 2 is 2.10 bits per heavy atom. The van der Waals surface area contributed by atoms with Crippen LogP contribution in [0.2, 0.25) is 0 Å². The van der Waals surface area contributed by atoms with Gasteiger partial charge in [0.25, 0.3) is 5.91 Å². The first-order valence-electron chi connectivity index (χ1n) is 5.97. The fourth-order valence-corrected chi connectivity index (χ4v) is 1.82. The van der Waals surface area contributed by atoms with Gasteiger partial charge < -0.3 is 19.7 Å². The molecule has 20 heavy (non-hydrogen) atoms. The minimum atomic E-state index is -1.09. The number of hydrogen-bond acceptors (Lipinski definition) is 4. The Morgan fingerprint density at radius 3 is 2.60 bits per heavy atom. The number of hydrogen-bond donors (Lipinski definition) is 2. The van der Waals surface area contributed by atoms with Gasteiger partial charge in [-0.15, -0.1) is 0 Å². The number of nitrogens with one attached hydrogen (secondary N) is 1. The van der Waals surface area contributed by atoms with Crippen molar-refractivity contribution < 1.29 is 23.9 Å². The highest BCUT2D eigenvalue weighted by atomic mass is 79.9. The lowest BCUT2D eigenvalue weighted by Crippen LogP contribution is -2.42. The smallest absolute Gasteiger partial charge is 0.323 e. The number of carboxylic acids is 1. The second kappa shape index (κ2) is 7.68. The number of carboxylic acid groups (broad SMARTS) is 1. The zero-order chi connectivity index (χ0) is 15.1. The molecule has 2 N–H and O–H groups in total. The Hall–Kier alpha value is -1.83. The molecule has 1 aromatic heterocycles. The van der Waals surface area contributed by atoms with E-state index in [0.29, 0.717) is 17.6 Å². The summed E-state index contributed by atoms with van der Waals surface area (Å²) in [6.45, 7) is 1.51. The topological polar surface area (TPSA) is 99.9 Å². The number of furan rings is 1. The maximum atomic E-state index is 11.8. The third-order valence-corrected chi connectivity index (χ3v) is 2.80. The van der Waals surface area contributed by atoms with Gasteiger partial charge in [0.15, 0.2) is 10.4 Å². The lowest BCUT2D eigenvalue weighted by atomic mass is 10.3. The quantitative estimate of drug-likeness (QED) is 0.769. The van der Waals surface area contributed by atoms with Crippen LogP contribution in [0, 0.1) is 0 Å². The molecular weight excluding hydrogens is 332 g/mol. The molecule has 0 aliphatic carbocycles. The summed E-state index contributed by atoms with van der Waals surface area (Å²) < 4.78 is 5.45. The molecule has 0 atom stereocenters. The standard InChI is InChI=1S/C12H15BrN2O5/c1-2-5-15(7-11(17)18)10(16)6-14-12(19)8-3-4-9(13)20-8/h3-4H,2,5-7H2,1H3,(H,14,19)(H,17,18). The van der Waals surface area contributed by atoms with Crippen LogP contribution in [-0.2, 0) is 9.59 Å². The van der Waals surface area contributed by atoms with Gasteiger partial charge in [-0.1, -0.05) is 6.92 Å². The maximum Gasteiger partial charge on any atom is 0.323 e. The summed E-state index contributed by atoms with van der Waals surface area (Å²) in [5.74, 6) is -2.00. The molecule has 0 spiro atoms. The van der Waals surface area contributed by atoms with E-state index < -0.39 is 17.8 Å². The second-order valence-electron chi connectivity index (χ2n) is 4.00. The highest BCUT2D eigenvalue weighted by Crippen LogP contribution is 2.13. The number of amides is 2. The van der Waals surface area contributed by atoms with Crippen molar-refractivity contribution >= 4 is 33.7 Å². The van der Waals surface area contributed by atoms with Crippen LogP contribution < -0.4 is 5.32 Å². The van der Waals surface area contributed by atoms with Crippen molar-refractivity contribution in [2.75, 3.05) is 19.6 Å². The monoisotopic (exact) mass is 346 g/mol. The van der Waals surface area contributed by atoms with E-state index in [9.17, 15) is 14.4 Å². The van der Waals surface area contributed by atoms with Gasteiger partial charge >= 0.3 is 5.97 Å². The molecule has 1 aromatic rings. The van der Waals surface area contributed by atoms with Crippen molar-refractivity contribution in [3.63, 3.8) is 0 Å². The van der Waals surface area contributed by atoms with E-state index in [-0.39, 0.29) is 18.8 Å². The normalized spacial score (nSPS) is 10.1. The van der Waals surface area contributed by atoms with Crippen LogP contribution in [0.15, 0.2) is 21.2 Å². The largest absolute Gasteiger partial charge is 0.480 e. The summed E-state index contributed by atoms with van der Waals surface area (Å²) in [6.07, 6.45) is 0.637. The van der Waals surface area contributed by atoms with E-state index in [2.05, 4.69) is 21.2 Å². The van der Waals surface area contributed by atoms with E-state index in [0.717, 1.165) is 0 Å². The van der Waals surface area contributed by atoms with E-state index in [1.54, 1.807) is 6.07 Å². The first-order valence-corrected chi connectivity index (χ1v) is 6.76. The highest BCUT2D eigenvalue weighted by Gasteiger charge is 2.18. The molecule has 0 saturated heterocycles. The number of aliphatic carboxylic acids is 1. The predicted molar refractivity (Wildman–Crippen MR) is 73.2 cm³/mol. The van der Waals surface area contributed by atoms with Crippen LogP contribution in [0.4, 0.5) is 0 Å². The second-order valence-corrected chi connectivity index (χ2v) is 4.78. The minimum absolute atomic E-state index is 0.0740. The van der Waals surface area contributed by atoms with Crippen LogP contribution in [0.1, 0.15) is 23.9 Å². The molecule has 0 aliphatic rings. The van der Waals surface area contributed by atoms with Crippen molar-refractivity contribution in [1.82, 2.24) is 10.2 Å². The van der Waals surface area contributed by atoms with Gasteiger partial charge in [0.2, 0.25) is 5.91 Å². The average Bonchev–Trinajstić information content (AvgIpc) is 2.81. The van der Waals surface area contributed by atoms with Crippen molar-refractivity contribution in [3.8, 4) is 0 Å². The molecule has 0 saturated carbocycles.